The molecule has 1 aromatic heterocycles. The first-order chi connectivity index (χ1) is 7.78. The molecule has 0 unspecified atom stereocenters. The second-order valence-electron chi connectivity index (χ2n) is 4.80. The zero-order valence-electron chi connectivity index (χ0n) is 9.43. The molecule has 0 atom stereocenters. The summed E-state index contributed by atoms with van der Waals surface area (Å²) in [4.78, 5) is 0. The zero-order chi connectivity index (χ0) is 11.1. The average Bonchev–Trinajstić information content (AvgIpc) is 2.61. The fraction of sp³-hybridized carbons (Fsp3) is 0.462. The molecule has 0 amide bonds. The highest BCUT2D eigenvalue weighted by Crippen LogP contribution is 2.37. The van der Waals surface area contributed by atoms with Crippen LogP contribution in [0.25, 0.3) is 10.9 Å². The van der Waals surface area contributed by atoms with Crippen molar-refractivity contribution in [1.29, 1.82) is 0 Å². The molecule has 0 aliphatic heterocycles. The van der Waals surface area contributed by atoms with Crippen molar-refractivity contribution in [2.75, 3.05) is 6.61 Å². The Hall–Kier alpha value is -1.35. The highest BCUT2D eigenvalue weighted by molar-refractivity contribution is 5.81. The largest absolute Gasteiger partial charge is 0.396 e. The van der Waals surface area contributed by atoms with Crippen molar-refractivity contribution in [2.45, 2.75) is 25.8 Å². The molecule has 1 saturated carbocycles. The predicted octanol–water partition coefficient (Wildman–Crippen LogP) is 2.29. The standard InChI is InChI=1S/C13H16N2O/c1-9-3-2-4-11-7-15(14-13(9)11)12-5-10(6-12)8-16/h2-4,7,10,12,16H,5-6,8H2,1H3. The van der Waals surface area contributed by atoms with Crippen LogP contribution in [0.3, 0.4) is 0 Å². The monoisotopic (exact) mass is 216 g/mol. The average molecular weight is 216 g/mol. The van der Waals surface area contributed by atoms with Gasteiger partial charge in [-0.05, 0) is 31.2 Å². The molecule has 3 nitrogen and oxygen atoms in total. The van der Waals surface area contributed by atoms with Gasteiger partial charge in [0, 0.05) is 18.2 Å². The lowest BCUT2D eigenvalue weighted by molar-refractivity contribution is 0.106. The van der Waals surface area contributed by atoms with Crippen LogP contribution >= 0.6 is 0 Å². The maximum absolute atomic E-state index is 9.00. The van der Waals surface area contributed by atoms with Crippen molar-refractivity contribution in [3.63, 3.8) is 0 Å². The number of aliphatic hydroxyl groups excluding tert-OH is 1. The Kier molecular flexibility index (Phi) is 2.21. The van der Waals surface area contributed by atoms with E-state index in [1.165, 1.54) is 10.9 Å². The van der Waals surface area contributed by atoms with E-state index in [-0.39, 0.29) is 0 Å². The van der Waals surface area contributed by atoms with Crippen LogP contribution in [0.2, 0.25) is 0 Å². The summed E-state index contributed by atoms with van der Waals surface area (Å²) in [6.07, 6.45) is 4.24. The zero-order valence-corrected chi connectivity index (χ0v) is 9.43. The Labute approximate surface area is 94.7 Å². The van der Waals surface area contributed by atoms with E-state index >= 15 is 0 Å². The van der Waals surface area contributed by atoms with Gasteiger partial charge in [-0.2, -0.15) is 5.10 Å². The lowest BCUT2D eigenvalue weighted by Gasteiger charge is -2.33. The van der Waals surface area contributed by atoms with Gasteiger partial charge in [0.1, 0.15) is 0 Å². The number of aliphatic hydroxyl groups is 1. The molecule has 0 spiro atoms. The number of rotatable bonds is 2. The van der Waals surface area contributed by atoms with E-state index in [0.29, 0.717) is 18.6 Å². The summed E-state index contributed by atoms with van der Waals surface area (Å²) in [6, 6.07) is 6.76. The van der Waals surface area contributed by atoms with Crippen LogP contribution in [0.4, 0.5) is 0 Å². The summed E-state index contributed by atoms with van der Waals surface area (Å²) >= 11 is 0. The first kappa shape index (κ1) is 9.85. The Balaban J connectivity index is 1.92. The van der Waals surface area contributed by atoms with Crippen LogP contribution < -0.4 is 0 Å². The topological polar surface area (TPSA) is 38.0 Å². The van der Waals surface area contributed by atoms with Crippen LogP contribution in [0.15, 0.2) is 24.4 Å². The maximum atomic E-state index is 9.00. The van der Waals surface area contributed by atoms with E-state index in [9.17, 15) is 0 Å². The third-order valence-corrected chi connectivity index (χ3v) is 3.60. The van der Waals surface area contributed by atoms with E-state index in [1.54, 1.807) is 0 Å². The number of fused-ring (bicyclic) bond motifs is 1. The van der Waals surface area contributed by atoms with E-state index in [2.05, 4.69) is 41.1 Å². The number of hydrogen-bond donors (Lipinski definition) is 1. The van der Waals surface area contributed by atoms with Gasteiger partial charge >= 0.3 is 0 Å². The van der Waals surface area contributed by atoms with Crippen molar-refractivity contribution < 1.29 is 5.11 Å². The first-order valence-corrected chi connectivity index (χ1v) is 5.83. The van der Waals surface area contributed by atoms with E-state index in [0.717, 1.165) is 18.4 Å². The minimum absolute atomic E-state index is 0.316. The van der Waals surface area contributed by atoms with E-state index in [1.807, 2.05) is 0 Å². The number of benzene rings is 1. The van der Waals surface area contributed by atoms with Crippen LogP contribution in [0, 0.1) is 12.8 Å². The fourth-order valence-corrected chi connectivity index (χ4v) is 2.46. The normalized spacial score (nSPS) is 24.6. The van der Waals surface area contributed by atoms with Gasteiger partial charge in [0.05, 0.1) is 11.6 Å². The molecule has 1 aliphatic carbocycles. The quantitative estimate of drug-likeness (QED) is 0.836. The summed E-state index contributed by atoms with van der Waals surface area (Å²) in [6.45, 7) is 2.41. The van der Waals surface area contributed by atoms with Gasteiger partial charge in [-0.15, -0.1) is 0 Å². The Bertz CT molecular complexity index is 512. The van der Waals surface area contributed by atoms with Gasteiger partial charge in [-0.3, -0.25) is 4.68 Å². The summed E-state index contributed by atoms with van der Waals surface area (Å²) in [5.74, 6) is 0.485. The van der Waals surface area contributed by atoms with E-state index < -0.39 is 0 Å². The fourth-order valence-electron chi connectivity index (χ4n) is 2.46. The SMILES string of the molecule is Cc1cccc2cn(C3CC(CO)C3)nc12. The molecule has 84 valence electrons. The van der Waals surface area contributed by atoms with Gasteiger partial charge in [-0.25, -0.2) is 0 Å². The maximum Gasteiger partial charge on any atom is 0.0952 e. The van der Waals surface area contributed by atoms with Gasteiger partial charge in [0.25, 0.3) is 0 Å². The highest BCUT2D eigenvalue weighted by atomic mass is 16.3. The molecule has 0 saturated heterocycles. The molecule has 16 heavy (non-hydrogen) atoms. The molecule has 2 aromatic rings. The lowest BCUT2D eigenvalue weighted by atomic mass is 9.81. The Morgan fingerprint density at radius 1 is 1.44 bits per heavy atom. The summed E-state index contributed by atoms with van der Waals surface area (Å²) in [7, 11) is 0. The molecule has 0 radical (unpaired) electrons. The van der Waals surface area contributed by atoms with Crippen molar-refractivity contribution >= 4 is 10.9 Å². The molecule has 1 N–H and O–H groups in total. The van der Waals surface area contributed by atoms with Crippen molar-refractivity contribution in [2.24, 2.45) is 5.92 Å². The highest BCUT2D eigenvalue weighted by Gasteiger charge is 2.30. The van der Waals surface area contributed by atoms with Gasteiger partial charge < -0.3 is 5.11 Å². The van der Waals surface area contributed by atoms with Crippen LogP contribution in [0.5, 0.6) is 0 Å². The summed E-state index contributed by atoms with van der Waals surface area (Å²) < 4.78 is 2.07. The molecular formula is C13H16N2O. The number of hydrogen-bond acceptors (Lipinski definition) is 2. The molecule has 3 rings (SSSR count). The predicted molar refractivity (Wildman–Crippen MR) is 63.3 cm³/mol. The molecule has 0 bridgehead atoms. The van der Waals surface area contributed by atoms with Gasteiger partial charge in [-0.1, -0.05) is 18.2 Å². The Morgan fingerprint density at radius 3 is 2.94 bits per heavy atom. The second-order valence-corrected chi connectivity index (χ2v) is 4.80. The van der Waals surface area contributed by atoms with Crippen molar-refractivity contribution in [1.82, 2.24) is 9.78 Å². The molecule has 1 fully saturated rings. The minimum atomic E-state index is 0.316. The van der Waals surface area contributed by atoms with Crippen molar-refractivity contribution in [3.05, 3.63) is 30.0 Å². The summed E-state index contributed by atoms with van der Waals surface area (Å²) in [5, 5.41) is 14.9. The van der Waals surface area contributed by atoms with Crippen LogP contribution in [0.1, 0.15) is 24.4 Å². The molecule has 3 heteroatoms. The smallest absolute Gasteiger partial charge is 0.0952 e. The Morgan fingerprint density at radius 2 is 2.25 bits per heavy atom. The minimum Gasteiger partial charge on any atom is -0.396 e. The van der Waals surface area contributed by atoms with Crippen LogP contribution in [-0.4, -0.2) is 21.5 Å². The molecule has 1 aromatic carbocycles. The van der Waals surface area contributed by atoms with Gasteiger partial charge in [0.15, 0.2) is 0 Å². The number of aryl methyl sites for hydroxylation is 1. The number of nitrogens with zero attached hydrogens (tertiary/aromatic N) is 2. The molecule has 1 aliphatic rings. The lowest BCUT2D eigenvalue weighted by Crippen LogP contribution is -2.29. The third kappa shape index (κ3) is 1.43. The number of aromatic nitrogens is 2. The second kappa shape index (κ2) is 3.59. The molecular weight excluding hydrogens is 200 g/mol. The summed E-state index contributed by atoms with van der Waals surface area (Å²) in [5.41, 5.74) is 2.34. The third-order valence-electron chi connectivity index (χ3n) is 3.60. The van der Waals surface area contributed by atoms with Crippen LogP contribution in [-0.2, 0) is 0 Å². The molecule has 1 heterocycles. The van der Waals surface area contributed by atoms with Gasteiger partial charge in [0.2, 0.25) is 0 Å². The van der Waals surface area contributed by atoms with Crippen molar-refractivity contribution in [3.8, 4) is 0 Å². The first-order valence-electron chi connectivity index (χ1n) is 5.83. The van der Waals surface area contributed by atoms with E-state index in [4.69, 9.17) is 5.11 Å².